The van der Waals surface area contributed by atoms with Crippen LogP contribution >= 0.6 is 15.9 Å². The summed E-state index contributed by atoms with van der Waals surface area (Å²) in [4.78, 5) is 10.4. The monoisotopic (exact) mass is 270 g/mol. The smallest absolute Gasteiger partial charge is 0.328 e. The van der Waals surface area contributed by atoms with E-state index in [2.05, 4.69) is 15.9 Å². The number of rotatable bonds is 4. The number of hydrogen-bond acceptors (Lipinski definition) is 2. The Morgan fingerprint density at radius 3 is 2.93 bits per heavy atom. The Kier molecular flexibility index (Phi) is 4.37. The molecule has 0 aliphatic heterocycles. The fourth-order valence-electron chi connectivity index (χ4n) is 1.10. The standard InChI is InChI=1S/C11H11BrO3/c1-2-15-10-5-4-9(12)7-8(10)3-6-11(13)14/h3-7H,2H2,1H3,(H,13,14). The summed E-state index contributed by atoms with van der Waals surface area (Å²) in [7, 11) is 0. The van der Waals surface area contributed by atoms with Crippen molar-refractivity contribution in [3.05, 3.63) is 34.3 Å². The molecule has 0 amide bonds. The summed E-state index contributed by atoms with van der Waals surface area (Å²) in [5.74, 6) is -0.296. The van der Waals surface area contributed by atoms with E-state index in [9.17, 15) is 4.79 Å². The van der Waals surface area contributed by atoms with E-state index in [1.54, 1.807) is 6.07 Å². The minimum Gasteiger partial charge on any atom is -0.493 e. The van der Waals surface area contributed by atoms with Crippen LogP contribution in [0.15, 0.2) is 28.7 Å². The van der Waals surface area contributed by atoms with Crippen LogP contribution in [0, 0.1) is 0 Å². The Bertz CT molecular complexity index is 385. The van der Waals surface area contributed by atoms with Crippen molar-refractivity contribution in [1.82, 2.24) is 0 Å². The third kappa shape index (κ3) is 3.75. The van der Waals surface area contributed by atoms with Crippen LogP contribution in [0.3, 0.4) is 0 Å². The molecule has 0 aliphatic rings. The zero-order chi connectivity index (χ0) is 11.3. The van der Waals surface area contributed by atoms with E-state index in [-0.39, 0.29) is 0 Å². The number of carboxylic acids is 1. The van der Waals surface area contributed by atoms with E-state index >= 15 is 0 Å². The highest BCUT2D eigenvalue weighted by Gasteiger charge is 2.01. The SMILES string of the molecule is CCOc1ccc(Br)cc1C=CC(=O)O. The summed E-state index contributed by atoms with van der Waals surface area (Å²) in [6.07, 6.45) is 2.60. The first-order valence-electron chi connectivity index (χ1n) is 4.47. The second-order valence-corrected chi connectivity index (χ2v) is 3.70. The maximum absolute atomic E-state index is 10.4. The van der Waals surface area contributed by atoms with Crippen LogP contribution < -0.4 is 4.74 Å². The molecule has 3 nitrogen and oxygen atoms in total. The fourth-order valence-corrected chi connectivity index (χ4v) is 1.48. The summed E-state index contributed by atoms with van der Waals surface area (Å²) < 4.78 is 6.24. The third-order valence-electron chi connectivity index (χ3n) is 1.68. The van der Waals surface area contributed by atoms with Crippen molar-refractivity contribution in [3.63, 3.8) is 0 Å². The van der Waals surface area contributed by atoms with Crippen LogP contribution in [0.4, 0.5) is 0 Å². The van der Waals surface area contributed by atoms with Gasteiger partial charge in [0.1, 0.15) is 5.75 Å². The first-order chi connectivity index (χ1) is 7.13. The number of aliphatic carboxylic acids is 1. The lowest BCUT2D eigenvalue weighted by atomic mass is 10.2. The minimum absolute atomic E-state index is 0.551. The van der Waals surface area contributed by atoms with Crippen molar-refractivity contribution in [1.29, 1.82) is 0 Å². The van der Waals surface area contributed by atoms with Gasteiger partial charge < -0.3 is 9.84 Å². The Hall–Kier alpha value is -1.29. The molecule has 0 spiro atoms. The van der Waals surface area contributed by atoms with Gasteiger partial charge in [-0.05, 0) is 31.2 Å². The largest absolute Gasteiger partial charge is 0.493 e. The highest BCUT2D eigenvalue weighted by molar-refractivity contribution is 9.10. The van der Waals surface area contributed by atoms with Gasteiger partial charge in [0.15, 0.2) is 0 Å². The zero-order valence-corrected chi connectivity index (χ0v) is 9.82. The molecule has 0 atom stereocenters. The van der Waals surface area contributed by atoms with E-state index in [0.29, 0.717) is 12.4 Å². The van der Waals surface area contributed by atoms with Crippen molar-refractivity contribution in [2.24, 2.45) is 0 Å². The van der Waals surface area contributed by atoms with Crippen molar-refractivity contribution in [2.75, 3.05) is 6.61 Å². The van der Waals surface area contributed by atoms with Gasteiger partial charge >= 0.3 is 5.97 Å². The molecule has 0 heterocycles. The average molecular weight is 271 g/mol. The minimum atomic E-state index is -0.975. The van der Waals surface area contributed by atoms with Crippen molar-refractivity contribution < 1.29 is 14.6 Å². The van der Waals surface area contributed by atoms with Crippen molar-refractivity contribution in [2.45, 2.75) is 6.92 Å². The van der Waals surface area contributed by atoms with Crippen LogP contribution in [0.25, 0.3) is 6.08 Å². The number of hydrogen-bond donors (Lipinski definition) is 1. The first kappa shape index (κ1) is 11.8. The molecule has 1 rings (SSSR count). The Morgan fingerprint density at radius 2 is 2.33 bits per heavy atom. The molecule has 0 unspecified atom stereocenters. The number of ether oxygens (including phenoxy) is 1. The molecular weight excluding hydrogens is 260 g/mol. The van der Waals surface area contributed by atoms with E-state index in [0.717, 1.165) is 16.1 Å². The molecule has 15 heavy (non-hydrogen) atoms. The van der Waals surface area contributed by atoms with Gasteiger partial charge in [-0.2, -0.15) is 0 Å². The molecular formula is C11H11BrO3. The molecule has 1 N–H and O–H groups in total. The number of carbonyl (C=O) groups is 1. The van der Waals surface area contributed by atoms with Crippen molar-refractivity contribution >= 4 is 28.0 Å². The van der Waals surface area contributed by atoms with Gasteiger partial charge in [0.05, 0.1) is 6.61 Å². The van der Waals surface area contributed by atoms with Crippen LogP contribution in [-0.4, -0.2) is 17.7 Å². The molecule has 1 aromatic rings. The average Bonchev–Trinajstić information content (AvgIpc) is 2.18. The normalized spacial score (nSPS) is 10.5. The highest BCUT2D eigenvalue weighted by atomic mass is 79.9. The summed E-state index contributed by atoms with van der Waals surface area (Å²) in [5, 5.41) is 8.53. The van der Waals surface area contributed by atoms with Gasteiger partial charge in [0.25, 0.3) is 0 Å². The maximum atomic E-state index is 10.4. The quantitative estimate of drug-likeness (QED) is 0.856. The fraction of sp³-hybridized carbons (Fsp3) is 0.182. The molecule has 4 heteroatoms. The number of halogens is 1. The molecule has 0 aromatic heterocycles. The molecule has 0 bridgehead atoms. The molecule has 80 valence electrons. The van der Waals surface area contributed by atoms with Gasteiger partial charge in [0.2, 0.25) is 0 Å². The predicted octanol–water partition coefficient (Wildman–Crippen LogP) is 2.95. The van der Waals surface area contributed by atoms with Crippen LogP contribution in [0.1, 0.15) is 12.5 Å². The predicted molar refractivity (Wildman–Crippen MR) is 62.0 cm³/mol. The lowest BCUT2D eigenvalue weighted by Gasteiger charge is -2.06. The second-order valence-electron chi connectivity index (χ2n) is 2.79. The summed E-state index contributed by atoms with van der Waals surface area (Å²) in [6, 6.07) is 5.46. The Morgan fingerprint density at radius 1 is 1.60 bits per heavy atom. The summed E-state index contributed by atoms with van der Waals surface area (Å²) in [5.41, 5.74) is 0.744. The lowest BCUT2D eigenvalue weighted by molar-refractivity contribution is -0.131. The summed E-state index contributed by atoms with van der Waals surface area (Å²) >= 11 is 3.32. The van der Waals surface area contributed by atoms with Crippen LogP contribution in [0.2, 0.25) is 0 Å². The number of carboxylic acid groups (broad SMARTS) is 1. The molecule has 0 radical (unpaired) electrons. The molecule has 0 saturated heterocycles. The highest BCUT2D eigenvalue weighted by Crippen LogP contribution is 2.24. The van der Waals surface area contributed by atoms with Gasteiger partial charge in [0, 0.05) is 16.1 Å². The van der Waals surface area contributed by atoms with Gasteiger partial charge in [-0.3, -0.25) is 0 Å². The van der Waals surface area contributed by atoms with Crippen molar-refractivity contribution in [3.8, 4) is 5.75 Å². The van der Waals surface area contributed by atoms with Gasteiger partial charge in [-0.25, -0.2) is 4.79 Å². The van der Waals surface area contributed by atoms with E-state index in [4.69, 9.17) is 9.84 Å². The molecule has 1 aromatic carbocycles. The Labute approximate surface area is 96.5 Å². The molecule has 0 fully saturated rings. The van der Waals surface area contributed by atoms with E-state index in [1.807, 2.05) is 19.1 Å². The lowest BCUT2D eigenvalue weighted by Crippen LogP contribution is -1.94. The van der Waals surface area contributed by atoms with E-state index in [1.165, 1.54) is 6.08 Å². The zero-order valence-electron chi connectivity index (χ0n) is 8.24. The number of benzene rings is 1. The maximum Gasteiger partial charge on any atom is 0.328 e. The van der Waals surface area contributed by atoms with Crippen LogP contribution in [0.5, 0.6) is 5.75 Å². The van der Waals surface area contributed by atoms with Gasteiger partial charge in [-0.15, -0.1) is 0 Å². The topological polar surface area (TPSA) is 46.5 Å². The molecule has 0 saturated carbocycles. The third-order valence-corrected chi connectivity index (χ3v) is 2.17. The molecule has 0 aliphatic carbocycles. The van der Waals surface area contributed by atoms with E-state index < -0.39 is 5.97 Å². The first-order valence-corrected chi connectivity index (χ1v) is 5.26. The summed E-state index contributed by atoms with van der Waals surface area (Å²) in [6.45, 7) is 2.43. The second kappa shape index (κ2) is 5.56. The Balaban J connectivity index is 3.01. The van der Waals surface area contributed by atoms with Gasteiger partial charge in [-0.1, -0.05) is 15.9 Å². The van der Waals surface area contributed by atoms with Crippen LogP contribution in [-0.2, 0) is 4.79 Å².